The fourth-order valence-corrected chi connectivity index (χ4v) is 4.39. The van der Waals surface area contributed by atoms with Crippen LogP contribution in [0.5, 0.6) is 0 Å². The highest BCUT2D eigenvalue weighted by atomic mass is 16.2. The molecule has 4 atom stereocenters. The van der Waals surface area contributed by atoms with Gasteiger partial charge in [-0.1, -0.05) is 87.2 Å². The molecule has 3 aliphatic rings. The lowest BCUT2D eigenvalue weighted by molar-refractivity contribution is 0.399. The molecule has 0 aliphatic heterocycles. The Morgan fingerprint density at radius 3 is 2.15 bits per heavy atom. The van der Waals surface area contributed by atoms with Crippen LogP contribution in [-0.2, 0) is 0 Å². The van der Waals surface area contributed by atoms with E-state index in [-0.39, 0.29) is 0 Å². The summed E-state index contributed by atoms with van der Waals surface area (Å²) in [5.74, 6) is 2.68. The standard InChI is InChI=1S/C22H22.C2H6.CH4O/c1-3-4-7-16-11-19-13-20-12-17-8-5-6-9-18(17)14-22(20)21(19)10-15(16)2;2*1-2/h3-12,14,19-22H,1,13H2,2H3;1-2H3;2H,1H3/b7-4-;;. The van der Waals surface area contributed by atoms with Crippen molar-refractivity contribution in [2.45, 2.75) is 27.2 Å². The molecule has 1 heteroatoms. The monoisotopic (exact) mass is 348 g/mol. The van der Waals surface area contributed by atoms with Crippen LogP contribution in [-0.4, -0.2) is 12.2 Å². The summed E-state index contributed by atoms with van der Waals surface area (Å²) >= 11 is 0. The van der Waals surface area contributed by atoms with Gasteiger partial charge in [-0.15, -0.1) is 0 Å². The first-order chi connectivity index (χ1) is 12.8. The van der Waals surface area contributed by atoms with Gasteiger partial charge in [-0.2, -0.15) is 0 Å². The molecule has 1 nitrogen and oxygen atoms in total. The van der Waals surface area contributed by atoms with Crippen LogP contribution in [0.1, 0.15) is 27.2 Å². The molecule has 4 rings (SSSR count). The zero-order valence-electron chi connectivity index (χ0n) is 16.5. The summed E-state index contributed by atoms with van der Waals surface area (Å²) in [6, 6.07) is 8.80. The second kappa shape index (κ2) is 9.54. The molecular weight excluding hydrogens is 316 g/mol. The zero-order chi connectivity index (χ0) is 19.1. The van der Waals surface area contributed by atoms with Gasteiger partial charge < -0.3 is 5.11 Å². The Balaban J connectivity index is 0.000000570. The maximum absolute atomic E-state index is 7.00. The van der Waals surface area contributed by atoms with Crippen LogP contribution in [0.15, 0.2) is 72.4 Å². The van der Waals surface area contributed by atoms with Crippen LogP contribution < -0.4 is 10.4 Å². The van der Waals surface area contributed by atoms with Crippen molar-refractivity contribution in [3.63, 3.8) is 0 Å². The van der Waals surface area contributed by atoms with E-state index < -0.39 is 0 Å². The van der Waals surface area contributed by atoms with E-state index in [0.717, 1.165) is 7.11 Å². The largest absolute Gasteiger partial charge is 0.400 e. The van der Waals surface area contributed by atoms with Gasteiger partial charge in [-0.05, 0) is 58.6 Å². The van der Waals surface area contributed by atoms with Crippen molar-refractivity contribution in [3.05, 3.63) is 82.8 Å². The van der Waals surface area contributed by atoms with Gasteiger partial charge in [0.2, 0.25) is 0 Å². The van der Waals surface area contributed by atoms with Crippen molar-refractivity contribution in [1.82, 2.24) is 0 Å². The molecule has 26 heavy (non-hydrogen) atoms. The Bertz CT molecular complexity index is 822. The molecule has 0 spiro atoms. The molecular formula is C25H32O. The van der Waals surface area contributed by atoms with Gasteiger partial charge in [0.1, 0.15) is 0 Å². The van der Waals surface area contributed by atoms with E-state index in [0.29, 0.717) is 23.7 Å². The van der Waals surface area contributed by atoms with Gasteiger partial charge in [0, 0.05) is 7.11 Å². The van der Waals surface area contributed by atoms with Crippen LogP contribution >= 0.6 is 0 Å². The van der Waals surface area contributed by atoms with Crippen molar-refractivity contribution in [3.8, 4) is 0 Å². The van der Waals surface area contributed by atoms with Crippen molar-refractivity contribution in [1.29, 1.82) is 0 Å². The topological polar surface area (TPSA) is 20.2 Å². The zero-order valence-corrected chi connectivity index (χ0v) is 16.5. The van der Waals surface area contributed by atoms with Gasteiger partial charge >= 0.3 is 0 Å². The van der Waals surface area contributed by atoms with E-state index in [1.54, 1.807) is 0 Å². The van der Waals surface area contributed by atoms with E-state index >= 15 is 0 Å². The van der Waals surface area contributed by atoms with E-state index in [1.807, 2.05) is 26.0 Å². The van der Waals surface area contributed by atoms with Gasteiger partial charge in [0.15, 0.2) is 0 Å². The molecule has 0 bridgehead atoms. The van der Waals surface area contributed by atoms with Crippen molar-refractivity contribution in [2.75, 3.05) is 7.11 Å². The fourth-order valence-electron chi connectivity index (χ4n) is 4.39. The van der Waals surface area contributed by atoms with Crippen molar-refractivity contribution in [2.24, 2.45) is 23.7 Å². The maximum Gasteiger partial charge on any atom is 0.0319 e. The van der Waals surface area contributed by atoms with Gasteiger partial charge in [0.05, 0.1) is 0 Å². The number of hydrogen-bond donors (Lipinski definition) is 1. The second-order valence-corrected chi connectivity index (χ2v) is 6.75. The van der Waals surface area contributed by atoms with Crippen LogP contribution in [0.4, 0.5) is 0 Å². The Hall–Kier alpha value is -2.12. The Labute approximate surface area is 158 Å². The number of benzene rings is 1. The number of hydrogen-bond acceptors (Lipinski definition) is 1. The van der Waals surface area contributed by atoms with Gasteiger partial charge in [-0.3, -0.25) is 0 Å². The summed E-state index contributed by atoms with van der Waals surface area (Å²) in [6.45, 7) is 10.0. The van der Waals surface area contributed by atoms with Crippen LogP contribution in [0.3, 0.4) is 0 Å². The molecule has 1 fully saturated rings. The van der Waals surface area contributed by atoms with Gasteiger partial charge in [-0.25, -0.2) is 0 Å². The molecule has 0 amide bonds. The summed E-state index contributed by atoms with van der Waals surface area (Å²) in [7, 11) is 1.00. The van der Waals surface area contributed by atoms with Crippen molar-refractivity contribution >= 4 is 12.2 Å². The Kier molecular flexibility index (Phi) is 7.41. The number of fused-ring (bicyclic) bond motifs is 4. The summed E-state index contributed by atoms with van der Waals surface area (Å²) in [4.78, 5) is 0. The number of rotatable bonds is 2. The first-order valence-corrected chi connectivity index (χ1v) is 9.69. The highest BCUT2D eigenvalue weighted by Crippen LogP contribution is 2.48. The molecule has 0 aromatic heterocycles. The van der Waals surface area contributed by atoms with E-state index in [4.69, 9.17) is 5.11 Å². The summed E-state index contributed by atoms with van der Waals surface area (Å²) in [5.41, 5.74) is 2.78. The number of aliphatic hydroxyl groups excluding tert-OH is 1. The molecule has 0 saturated heterocycles. The highest BCUT2D eigenvalue weighted by Gasteiger charge is 2.41. The molecule has 1 N–H and O–H groups in total. The van der Waals surface area contributed by atoms with E-state index in [2.05, 4.69) is 68.1 Å². The molecule has 1 aromatic carbocycles. The van der Waals surface area contributed by atoms with Crippen LogP contribution in [0.2, 0.25) is 0 Å². The van der Waals surface area contributed by atoms with Crippen LogP contribution in [0.25, 0.3) is 12.2 Å². The summed E-state index contributed by atoms with van der Waals surface area (Å²) < 4.78 is 0. The van der Waals surface area contributed by atoms with E-state index in [9.17, 15) is 0 Å². The quantitative estimate of drug-likeness (QED) is 0.786. The normalized spacial score (nSPS) is 27.6. The lowest BCUT2D eigenvalue weighted by atomic mass is 9.79. The Morgan fingerprint density at radius 2 is 1.50 bits per heavy atom. The molecule has 3 aliphatic carbocycles. The minimum absolute atomic E-state index is 0.662. The number of allylic oxidation sites excluding steroid dienone is 7. The van der Waals surface area contributed by atoms with E-state index in [1.165, 1.54) is 28.0 Å². The molecule has 1 saturated carbocycles. The minimum atomic E-state index is 0.662. The average Bonchev–Trinajstić information content (AvgIpc) is 3.03. The Morgan fingerprint density at radius 1 is 0.923 bits per heavy atom. The third-order valence-corrected chi connectivity index (χ3v) is 5.44. The molecule has 4 unspecified atom stereocenters. The van der Waals surface area contributed by atoms with Gasteiger partial charge in [0.25, 0.3) is 0 Å². The molecule has 0 heterocycles. The predicted molar refractivity (Wildman–Crippen MR) is 114 cm³/mol. The fraction of sp³-hybridized carbons (Fsp3) is 0.360. The first-order valence-electron chi connectivity index (χ1n) is 9.69. The molecule has 138 valence electrons. The smallest absolute Gasteiger partial charge is 0.0319 e. The maximum atomic E-state index is 7.00. The average molecular weight is 349 g/mol. The highest BCUT2D eigenvalue weighted by molar-refractivity contribution is 5.50. The first kappa shape index (κ1) is 20.2. The third-order valence-electron chi connectivity index (χ3n) is 5.44. The number of aliphatic hydroxyl groups is 1. The SMILES string of the molecule is C=C/C=C\C1=CC2CC3C=c4ccccc4=CC3C2C=C1C.CC.CO. The second-order valence-electron chi connectivity index (χ2n) is 6.75. The molecule has 0 radical (unpaired) electrons. The summed E-state index contributed by atoms with van der Waals surface area (Å²) in [5, 5.41) is 9.83. The predicted octanol–water partition coefficient (Wildman–Crippen LogP) is 4.39. The third kappa shape index (κ3) is 3.99. The lowest BCUT2D eigenvalue weighted by Crippen LogP contribution is -2.32. The van der Waals surface area contributed by atoms with Crippen molar-refractivity contribution < 1.29 is 5.11 Å². The minimum Gasteiger partial charge on any atom is -0.400 e. The molecule has 1 aromatic rings. The lowest BCUT2D eigenvalue weighted by Gasteiger charge is -2.25. The van der Waals surface area contributed by atoms with Crippen LogP contribution in [0, 0.1) is 23.7 Å². The summed E-state index contributed by atoms with van der Waals surface area (Å²) in [6.07, 6.45) is 17.4.